The van der Waals surface area contributed by atoms with Gasteiger partial charge in [-0.2, -0.15) is 0 Å². The fraction of sp³-hybridized carbons (Fsp3) is 0.455. The van der Waals surface area contributed by atoms with Crippen LogP contribution in [0.3, 0.4) is 0 Å². The van der Waals surface area contributed by atoms with Gasteiger partial charge in [0.05, 0.1) is 30.8 Å². The average Bonchev–Trinajstić information content (AvgIpc) is 2.32. The maximum Gasteiger partial charge on any atom is 0.573 e. The Morgan fingerprint density at radius 2 is 2.10 bits per heavy atom. The molecule has 0 aliphatic heterocycles. The summed E-state index contributed by atoms with van der Waals surface area (Å²) < 4.78 is 58.7. The molecule has 0 aliphatic carbocycles. The number of halogens is 5. The first-order valence-electron chi connectivity index (χ1n) is 5.42. The molecule has 4 nitrogen and oxygen atoms in total. The number of aromatic nitrogens is 1. The van der Waals surface area contributed by atoms with Crippen molar-refractivity contribution in [3.05, 3.63) is 23.3 Å². The molecule has 0 unspecified atom stereocenters. The Balaban J connectivity index is 3.16. The summed E-state index contributed by atoms with van der Waals surface area (Å²) in [7, 11) is 0. The molecule has 112 valence electrons. The van der Waals surface area contributed by atoms with Crippen LogP contribution in [-0.2, 0) is 21.8 Å². The van der Waals surface area contributed by atoms with E-state index in [2.05, 4.69) is 14.5 Å². The quantitative estimate of drug-likeness (QED) is 0.476. The minimum atomic E-state index is -5.03. The molecule has 20 heavy (non-hydrogen) atoms. The van der Waals surface area contributed by atoms with E-state index in [9.17, 15) is 22.4 Å². The van der Waals surface area contributed by atoms with Gasteiger partial charge in [-0.15, -0.1) is 24.8 Å². The highest BCUT2D eigenvalue weighted by Crippen LogP contribution is 2.29. The van der Waals surface area contributed by atoms with E-state index in [1.54, 1.807) is 0 Å². The number of carbonyl (C=O) groups excluding carboxylic acids is 1. The summed E-state index contributed by atoms with van der Waals surface area (Å²) in [5, 5.41) is 0. The third-order valence-corrected chi connectivity index (χ3v) is 2.39. The van der Waals surface area contributed by atoms with Crippen molar-refractivity contribution < 1.29 is 31.8 Å². The molecule has 0 saturated carbocycles. The topological polar surface area (TPSA) is 48.4 Å². The van der Waals surface area contributed by atoms with Gasteiger partial charge in [0.2, 0.25) is 0 Å². The molecule has 1 aromatic rings. The number of hydrogen-bond donors (Lipinski definition) is 0. The summed E-state index contributed by atoms with van der Waals surface area (Å²) in [5.74, 6) is -3.25. The second kappa shape index (κ2) is 6.74. The van der Waals surface area contributed by atoms with E-state index >= 15 is 0 Å². The molecule has 0 amide bonds. The predicted molar refractivity (Wildman–Crippen MR) is 60.8 cm³/mol. The number of ether oxygens (including phenoxy) is 2. The van der Waals surface area contributed by atoms with Crippen LogP contribution < -0.4 is 4.74 Å². The van der Waals surface area contributed by atoms with Gasteiger partial charge in [-0.3, -0.25) is 9.78 Å². The van der Waals surface area contributed by atoms with Crippen molar-refractivity contribution in [2.75, 3.05) is 6.61 Å². The van der Waals surface area contributed by atoms with Gasteiger partial charge in [-0.1, -0.05) is 0 Å². The van der Waals surface area contributed by atoms with Gasteiger partial charge in [0, 0.05) is 5.56 Å². The number of pyridine rings is 1. The highest BCUT2D eigenvalue weighted by atomic mass is 35.5. The zero-order chi connectivity index (χ0) is 15.3. The zero-order valence-electron chi connectivity index (χ0n) is 10.3. The molecule has 0 saturated heterocycles. The van der Waals surface area contributed by atoms with Gasteiger partial charge in [-0.05, 0) is 6.92 Å². The van der Waals surface area contributed by atoms with Gasteiger partial charge in [-0.25, -0.2) is 4.39 Å². The first-order chi connectivity index (χ1) is 9.28. The van der Waals surface area contributed by atoms with E-state index in [0.29, 0.717) is 6.20 Å². The van der Waals surface area contributed by atoms with Gasteiger partial charge in [0.15, 0.2) is 11.6 Å². The molecule has 0 N–H and O–H groups in total. The minimum absolute atomic E-state index is 0.0172. The Labute approximate surface area is 116 Å². The van der Waals surface area contributed by atoms with Crippen molar-refractivity contribution in [3.8, 4) is 5.75 Å². The van der Waals surface area contributed by atoms with Crippen molar-refractivity contribution in [2.45, 2.75) is 25.6 Å². The molecule has 0 atom stereocenters. The van der Waals surface area contributed by atoms with Crippen LogP contribution in [0.25, 0.3) is 0 Å². The predicted octanol–water partition coefficient (Wildman–Crippen LogP) is 2.96. The monoisotopic (exact) mass is 315 g/mol. The Morgan fingerprint density at radius 1 is 1.45 bits per heavy atom. The lowest BCUT2D eigenvalue weighted by Gasteiger charge is -2.14. The van der Waals surface area contributed by atoms with Crippen molar-refractivity contribution >= 4 is 17.6 Å². The molecule has 0 radical (unpaired) electrons. The molecule has 0 bridgehead atoms. The lowest BCUT2D eigenvalue weighted by atomic mass is 10.1. The molecule has 1 rings (SSSR count). The first-order valence-corrected chi connectivity index (χ1v) is 5.95. The molecule has 0 aromatic carbocycles. The van der Waals surface area contributed by atoms with Crippen LogP contribution in [-0.4, -0.2) is 23.9 Å². The summed E-state index contributed by atoms with van der Waals surface area (Å²) in [4.78, 5) is 14.7. The summed E-state index contributed by atoms with van der Waals surface area (Å²) in [5.41, 5.74) is -0.869. The summed E-state index contributed by atoms with van der Waals surface area (Å²) >= 11 is 5.41. The highest BCUT2D eigenvalue weighted by molar-refractivity contribution is 6.16. The molecule has 1 heterocycles. The molecule has 0 aliphatic rings. The normalized spacial score (nSPS) is 11.3. The van der Waals surface area contributed by atoms with E-state index in [4.69, 9.17) is 11.6 Å². The van der Waals surface area contributed by atoms with Crippen LogP contribution >= 0.6 is 11.6 Å². The van der Waals surface area contributed by atoms with Gasteiger partial charge in [0.25, 0.3) is 0 Å². The lowest BCUT2D eigenvalue weighted by molar-refractivity contribution is -0.275. The number of rotatable bonds is 5. The molecular weight excluding hydrogens is 306 g/mol. The molecule has 0 fully saturated rings. The number of esters is 1. The Bertz CT molecular complexity index is 493. The number of alkyl halides is 4. The van der Waals surface area contributed by atoms with Crippen LogP contribution in [0, 0.1) is 5.82 Å². The molecule has 1 aromatic heterocycles. The fourth-order valence-corrected chi connectivity index (χ4v) is 1.57. The Morgan fingerprint density at radius 3 is 2.60 bits per heavy atom. The summed E-state index contributed by atoms with van der Waals surface area (Å²) in [6.45, 7) is 1.53. The smallest absolute Gasteiger partial charge is 0.466 e. The summed E-state index contributed by atoms with van der Waals surface area (Å²) in [6.07, 6.45) is -5.07. The van der Waals surface area contributed by atoms with E-state index in [1.165, 1.54) is 6.92 Å². The van der Waals surface area contributed by atoms with Crippen LogP contribution in [0.15, 0.2) is 6.20 Å². The van der Waals surface area contributed by atoms with Crippen molar-refractivity contribution in [2.24, 2.45) is 0 Å². The van der Waals surface area contributed by atoms with Gasteiger partial charge in [0.1, 0.15) is 0 Å². The first kappa shape index (κ1) is 16.5. The number of nitrogens with zero attached hydrogens (tertiary/aromatic N) is 1. The van der Waals surface area contributed by atoms with Crippen LogP contribution in [0.1, 0.15) is 18.2 Å². The maximum atomic E-state index is 13.9. The number of carbonyl (C=O) groups is 1. The number of hydrogen-bond acceptors (Lipinski definition) is 4. The SMILES string of the molecule is CCOC(=O)Cc1c(OC(F)(F)F)cnc(CCl)c1F. The Hall–Kier alpha value is -1.57. The molecule has 9 heteroatoms. The van der Waals surface area contributed by atoms with Crippen LogP contribution in [0.4, 0.5) is 17.6 Å². The van der Waals surface area contributed by atoms with Gasteiger partial charge < -0.3 is 9.47 Å². The van der Waals surface area contributed by atoms with Crippen LogP contribution in [0.2, 0.25) is 0 Å². The van der Waals surface area contributed by atoms with E-state index < -0.39 is 35.9 Å². The standard InChI is InChI=1S/C11H10ClF4NO3/c1-2-19-9(18)3-6-8(20-11(14,15)16)5-17-7(4-12)10(6)13/h5H,2-4H2,1H3. The van der Waals surface area contributed by atoms with Crippen molar-refractivity contribution in [1.82, 2.24) is 4.98 Å². The third kappa shape index (κ3) is 4.52. The summed E-state index contributed by atoms with van der Waals surface area (Å²) in [6, 6.07) is 0. The maximum absolute atomic E-state index is 13.9. The fourth-order valence-electron chi connectivity index (χ4n) is 1.38. The average molecular weight is 316 g/mol. The second-order valence-electron chi connectivity index (χ2n) is 3.52. The zero-order valence-corrected chi connectivity index (χ0v) is 11.0. The van der Waals surface area contributed by atoms with Crippen LogP contribution in [0.5, 0.6) is 5.75 Å². The second-order valence-corrected chi connectivity index (χ2v) is 3.79. The third-order valence-electron chi connectivity index (χ3n) is 2.13. The van der Waals surface area contributed by atoms with Gasteiger partial charge >= 0.3 is 12.3 Å². The van der Waals surface area contributed by atoms with E-state index in [0.717, 1.165) is 0 Å². The highest BCUT2D eigenvalue weighted by Gasteiger charge is 2.33. The molecule has 0 spiro atoms. The minimum Gasteiger partial charge on any atom is -0.466 e. The lowest BCUT2D eigenvalue weighted by Crippen LogP contribution is -2.20. The Kier molecular flexibility index (Phi) is 5.55. The molecular formula is C11H10ClF4NO3. The van der Waals surface area contributed by atoms with Crippen molar-refractivity contribution in [1.29, 1.82) is 0 Å². The van der Waals surface area contributed by atoms with E-state index in [1.807, 2.05) is 0 Å². The van der Waals surface area contributed by atoms with Crippen molar-refractivity contribution in [3.63, 3.8) is 0 Å². The van der Waals surface area contributed by atoms with E-state index in [-0.39, 0.29) is 18.2 Å². The largest absolute Gasteiger partial charge is 0.573 e.